The molecule has 6 heteroatoms. The second-order valence-electron chi connectivity index (χ2n) is 7.57. The number of pyridine rings is 1. The number of hydrogen-bond acceptors (Lipinski definition) is 6. The third-order valence-corrected chi connectivity index (χ3v) is 5.56. The molecule has 0 aliphatic carbocycles. The van der Waals surface area contributed by atoms with Gasteiger partial charge < -0.3 is 25.8 Å². The molecule has 1 aromatic heterocycles. The molecule has 1 aliphatic rings. The number of nitrogens with one attached hydrogen (secondary N) is 1. The lowest BCUT2D eigenvalue weighted by Crippen LogP contribution is -2.36. The van der Waals surface area contributed by atoms with E-state index in [0.29, 0.717) is 5.82 Å². The number of hydrogen-bond donors (Lipinski definition) is 3. The van der Waals surface area contributed by atoms with Crippen LogP contribution in [0.4, 0.5) is 11.5 Å². The maximum absolute atomic E-state index is 9.80. The minimum absolute atomic E-state index is 0.0162. The van der Waals surface area contributed by atoms with Crippen molar-refractivity contribution in [2.24, 2.45) is 0 Å². The van der Waals surface area contributed by atoms with Gasteiger partial charge in [0.25, 0.3) is 0 Å². The molecule has 0 unspecified atom stereocenters. The summed E-state index contributed by atoms with van der Waals surface area (Å²) < 4.78 is 5.44. The fraction of sp³-hybridized carbons (Fsp3) is 0.240. The lowest BCUT2D eigenvalue weighted by molar-refractivity contribution is 0.122. The summed E-state index contributed by atoms with van der Waals surface area (Å²) >= 11 is 0. The Morgan fingerprint density at radius 3 is 2.52 bits per heavy atom. The number of benzene rings is 2. The van der Waals surface area contributed by atoms with Crippen molar-refractivity contribution in [2.75, 3.05) is 43.5 Å². The van der Waals surface area contributed by atoms with Gasteiger partial charge in [-0.3, -0.25) is 0 Å². The molecule has 4 N–H and O–H groups in total. The third-order valence-electron chi connectivity index (χ3n) is 5.56. The second kappa shape index (κ2) is 9.64. The van der Waals surface area contributed by atoms with Gasteiger partial charge in [0, 0.05) is 24.4 Å². The van der Waals surface area contributed by atoms with Crippen LogP contribution < -0.4 is 16.0 Å². The van der Waals surface area contributed by atoms with Crippen molar-refractivity contribution >= 4 is 17.2 Å². The number of aliphatic hydroxyl groups excluding tert-OH is 1. The lowest BCUT2D eigenvalue weighted by atomic mass is 10.0. The number of nitrogens with two attached hydrogens (primary N) is 1. The van der Waals surface area contributed by atoms with E-state index in [2.05, 4.69) is 27.8 Å². The molecule has 0 spiro atoms. The van der Waals surface area contributed by atoms with Gasteiger partial charge in [0.05, 0.1) is 37.7 Å². The standard InChI is InChI=1S/C25H28N4O2/c1-18(28-24(17-30)21-5-3-2-4-6-21)19-7-9-20(10-8-19)23-15-22(16-27-25(23)26)29-11-13-31-14-12-29/h2-10,15-16,24,28,30H,1,11-14,17H2,(H2,26,27)/t24-/m1/s1. The van der Waals surface area contributed by atoms with E-state index in [4.69, 9.17) is 10.5 Å². The largest absolute Gasteiger partial charge is 0.394 e. The third kappa shape index (κ3) is 4.87. The van der Waals surface area contributed by atoms with Gasteiger partial charge in [-0.25, -0.2) is 4.98 Å². The van der Waals surface area contributed by atoms with Crippen LogP contribution in [0.15, 0.2) is 73.4 Å². The molecular weight excluding hydrogens is 388 g/mol. The van der Waals surface area contributed by atoms with Crippen molar-refractivity contribution in [1.29, 1.82) is 0 Å². The topological polar surface area (TPSA) is 83.6 Å². The average Bonchev–Trinajstić information content (AvgIpc) is 2.84. The molecule has 6 nitrogen and oxygen atoms in total. The maximum Gasteiger partial charge on any atom is 0.131 e. The molecule has 0 radical (unpaired) electrons. The van der Waals surface area contributed by atoms with E-state index in [0.717, 1.165) is 59.9 Å². The molecule has 0 amide bonds. The Hall–Kier alpha value is -3.35. The molecule has 1 aliphatic heterocycles. The normalized spacial score (nSPS) is 14.8. The molecule has 0 saturated carbocycles. The predicted octanol–water partition coefficient (Wildman–Crippen LogP) is 3.46. The fourth-order valence-corrected chi connectivity index (χ4v) is 3.75. The summed E-state index contributed by atoms with van der Waals surface area (Å²) in [5.74, 6) is 0.506. The van der Waals surface area contributed by atoms with Crippen molar-refractivity contribution in [3.05, 3.63) is 84.6 Å². The SMILES string of the molecule is C=C(N[C@H](CO)c1ccccc1)c1ccc(-c2cc(N3CCOCC3)cnc2N)cc1. The molecule has 2 aromatic carbocycles. The number of morpholine rings is 1. The van der Waals surface area contributed by atoms with Gasteiger partial charge in [0.1, 0.15) is 5.82 Å². The Kier molecular flexibility index (Phi) is 6.50. The maximum atomic E-state index is 9.80. The number of aromatic nitrogens is 1. The molecule has 1 saturated heterocycles. The van der Waals surface area contributed by atoms with Crippen LogP contribution >= 0.6 is 0 Å². The number of ether oxygens (including phenoxy) is 1. The van der Waals surface area contributed by atoms with Crippen LogP contribution in [0.1, 0.15) is 17.2 Å². The van der Waals surface area contributed by atoms with Crippen LogP contribution in [0.5, 0.6) is 0 Å². The van der Waals surface area contributed by atoms with Crippen LogP contribution in [0.2, 0.25) is 0 Å². The lowest BCUT2D eigenvalue weighted by Gasteiger charge is -2.29. The number of anilines is 2. The van der Waals surface area contributed by atoms with Crippen LogP contribution in [-0.4, -0.2) is 43.0 Å². The van der Waals surface area contributed by atoms with Gasteiger partial charge in [0.2, 0.25) is 0 Å². The summed E-state index contributed by atoms with van der Waals surface area (Å²) in [6.45, 7) is 7.29. The Labute approximate surface area is 183 Å². The van der Waals surface area contributed by atoms with Gasteiger partial charge in [-0.2, -0.15) is 0 Å². The summed E-state index contributed by atoms with van der Waals surface area (Å²) in [5.41, 5.74) is 11.9. The highest BCUT2D eigenvalue weighted by molar-refractivity contribution is 5.78. The molecule has 1 fully saturated rings. The summed E-state index contributed by atoms with van der Waals surface area (Å²) in [6, 6.07) is 19.8. The number of aliphatic hydroxyl groups is 1. The fourth-order valence-electron chi connectivity index (χ4n) is 3.75. The van der Waals surface area contributed by atoms with E-state index in [1.165, 1.54) is 0 Å². The van der Waals surface area contributed by atoms with Crippen molar-refractivity contribution in [3.63, 3.8) is 0 Å². The smallest absolute Gasteiger partial charge is 0.131 e. The first-order valence-electron chi connectivity index (χ1n) is 10.5. The van der Waals surface area contributed by atoms with Crippen molar-refractivity contribution < 1.29 is 9.84 Å². The Balaban J connectivity index is 1.51. The molecule has 160 valence electrons. The van der Waals surface area contributed by atoms with E-state index in [9.17, 15) is 5.11 Å². The van der Waals surface area contributed by atoms with Gasteiger partial charge in [-0.15, -0.1) is 0 Å². The summed E-state index contributed by atoms with van der Waals surface area (Å²) in [4.78, 5) is 6.67. The average molecular weight is 417 g/mol. The van der Waals surface area contributed by atoms with Gasteiger partial charge in [-0.05, 0) is 22.8 Å². The van der Waals surface area contributed by atoms with Gasteiger partial charge in [-0.1, -0.05) is 61.2 Å². The molecule has 0 bridgehead atoms. The summed E-state index contributed by atoms with van der Waals surface area (Å²) in [7, 11) is 0. The molecule has 4 rings (SSSR count). The molecule has 3 aromatic rings. The number of rotatable bonds is 7. The first-order valence-corrected chi connectivity index (χ1v) is 10.5. The quantitative estimate of drug-likeness (QED) is 0.547. The number of nitrogen functional groups attached to an aromatic ring is 1. The zero-order valence-electron chi connectivity index (χ0n) is 17.5. The summed E-state index contributed by atoms with van der Waals surface area (Å²) in [5, 5.41) is 13.1. The van der Waals surface area contributed by atoms with Crippen LogP contribution in [-0.2, 0) is 4.74 Å². The zero-order valence-corrected chi connectivity index (χ0v) is 17.5. The van der Waals surface area contributed by atoms with Gasteiger partial charge in [0.15, 0.2) is 0 Å². The molecule has 1 atom stereocenters. The van der Waals surface area contributed by atoms with Crippen molar-refractivity contribution in [2.45, 2.75) is 6.04 Å². The Bertz CT molecular complexity index is 1020. The second-order valence-corrected chi connectivity index (χ2v) is 7.57. The van der Waals surface area contributed by atoms with Crippen molar-refractivity contribution in [1.82, 2.24) is 10.3 Å². The molecule has 2 heterocycles. The highest BCUT2D eigenvalue weighted by Gasteiger charge is 2.15. The number of nitrogens with zero attached hydrogens (tertiary/aromatic N) is 2. The zero-order chi connectivity index (χ0) is 21.6. The van der Waals surface area contributed by atoms with Crippen LogP contribution in [0.3, 0.4) is 0 Å². The Morgan fingerprint density at radius 2 is 1.84 bits per heavy atom. The first-order chi connectivity index (χ1) is 15.2. The monoisotopic (exact) mass is 416 g/mol. The minimum atomic E-state index is -0.210. The Morgan fingerprint density at radius 1 is 1.13 bits per heavy atom. The van der Waals surface area contributed by atoms with E-state index < -0.39 is 0 Å². The highest BCUT2D eigenvalue weighted by atomic mass is 16.5. The predicted molar refractivity (Wildman–Crippen MR) is 126 cm³/mol. The van der Waals surface area contributed by atoms with Crippen LogP contribution in [0.25, 0.3) is 16.8 Å². The summed E-state index contributed by atoms with van der Waals surface area (Å²) in [6.07, 6.45) is 1.82. The van der Waals surface area contributed by atoms with E-state index in [1.807, 2.05) is 60.8 Å². The van der Waals surface area contributed by atoms with E-state index in [-0.39, 0.29) is 12.6 Å². The van der Waals surface area contributed by atoms with Crippen LogP contribution in [0, 0.1) is 0 Å². The molecular formula is C25H28N4O2. The minimum Gasteiger partial charge on any atom is -0.394 e. The highest BCUT2D eigenvalue weighted by Crippen LogP contribution is 2.30. The molecule has 31 heavy (non-hydrogen) atoms. The van der Waals surface area contributed by atoms with Gasteiger partial charge >= 0.3 is 0 Å². The van der Waals surface area contributed by atoms with E-state index in [1.54, 1.807) is 0 Å². The van der Waals surface area contributed by atoms with Crippen molar-refractivity contribution in [3.8, 4) is 11.1 Å². The van der Waals surface area contributed by atoms with E-state index >= 15 is 0 Å². The first kappa shape index (κ1) is 20.9.